The Balaban J connectivity index is 1.22. The highest BCUT2D eigenvalue weighted by molar-refractivity contribution is 6.00. The van der Waals surface area contributed by atoms with Gasteiger partial charge in [-0.15, -0.1) is 0 Å². The standard InChI is InChI=1S/C46H38O4/c47-43(37-13-5-1-6-14-37)29-41(30-44(48)38-15-7-2-8-16-38)35-25-21-33(22-26-35)34-23-27-36(28-24-34)42(31-45(49)39-17-9-3-10-18-39)32-46(50)40-19-11-4-12-20-40/h1-28,41-42H,29-32H2. The number of carbonyl (C=O) groups is 4. The van der Waals surface area contributed by atoms with E-state index in [1.165, 1.54) is 0 Å². The molecule has 0 heterocycles. The second kappa shape index (κ2) is 16.4. The number of hydrogen-bond acceptors (Lipinski definition) is 4. The van der Waals surface area contributed by atoms with Crippen LogP contribution in [0, 0.1) is 0 Å². The molecule has 0 unspecified atom stereocenters. The van der Waals surface area contributed by atoms with E-state index in [0.29, 0.717) is 22.3 Å². The predicted octanol–water partition coefficient (Wildman–Crippen LogP) is 10.6. The van der Waals surface area contributed by atoms with Gasteiger partial charge in [-0.25, -0.2) is 0 Å². The molecule has 0 spiro atoms. The maximum Gasteiger partial charge on any atom is 0.163 e. The van der Waals surface area contributed by atoms with Crippen molar-refractivity contribution >= 4 is 23.1 Å². The lowest BCUT2D eigenvalue weighted by Gasteiger charge is -2.18. The minimum Gasteiger partial charge on any atom is -0.294 e. The largest absolute Gasteiger partial charge is 0.294 e. The summed E-state index contributed by atoms with van der Waals surface area (Å²) in [7, 11) is 0. The maximum absolute atomic E-state index is 13.3. The summed E-state index contributed by atoms with van der Waals surface area (Å²) in [5.74, 6) is -0.553. The normalized spacial score (nSPS) is 11.0. The number of hydrogen-bond donors (Lipinski definition) is 0. The molecule has 246 valence electrons. The Hall–Kier alpha value is -6.00. The van der Waals surface area contributed by atoms with E-state index in [-0.39, 0.29) is 60.7 Å². The van der Waals surface area contributed by atoms with E-state index in [0.717, 1.165) is 22.3 Å². The lowest BCUT2D eigenvalue weighted by atomic mass is 9.85. The lowest BCUT2D eigenvalue weighted by Crippen LogP contribution is -2.13. The number of rotatable bonds is 15. The van der Waals surface area contributed by atoms with Gasteiger partial charge in [0.15, 0.2) is 23.1 Å². The minimum atomic E-state index is -0.281. The molecule has 0 aromatic heterocycles. The van der Waals surface area contributed by atoms with Crippen molar-refractivity contribution in [2.24, 2.45) is 0 Å². The number of benzene rings is 6. The third-order valence-electron chi connectivity index (χ3n) is 9.21. The van der Waals surface area contributed by atoms with Crippen LogP contribution in [0.1, 0.15) is 90.1 Å². The smallest absolute Gasteiger partial charge is 0.163 e. The summed E-state index contributed by atoms with van der Waals surface area (Å²) in [6, 6.07) is 52.9. The predicted molar refractivity (Wildman–Crippen MR) is 199 cm³/mol. The van der Waals surface area contributed by atoms with Crippen LogP contribution >= 0.6 is 0 Å². The van der Waals surface area contributed by atoms with Crippen LogP contribution in [0.25, 0.3) is 11.1 Å². The molecule has 0 bridgehead atoms. The van der Waals surface area contributed by atoms with Gasteiger partial charge in [-0.1, -0.05) is 170 Å². The quantitative estimate of drug-likeness (QED) is 0.103. The molecule has 0 aliphatic rings. The SMILES string of the molecule is O=C(CC(CC(=O)c1ccccc1)c1ccc(-c2ccc(C(CC(=O)c3ccccc3)CC(=O)c3ccccc3)cc2)cc1)c1ccccc1. The van der Waals surface area contributed by atoms with Gasteiger partial charge in [0.05, 0.1) is 0 Å². The van der Waals surface area contributed by atoms with Crippen molar-refractivity contribution in [1.29, 1.82) is 0 Å². The van der Waals surface area contributed by atoms with Crippen molar-refractivity contribution in [3.8, 4) is 11.1 Å². The van der Waals surface area contributed by atoms with Crippen molar-refractivity contribution in [3.63, 3.8) is 0 Å². The molecule has 6 aromatic rings. The van der Waals surface area contributed by atoms with Crippen molar-refractivity contribution in [2.75, 3.05) is 0 Å². The van der Waals surface area contributed by atoms with Crippen LogP contribution in [0.3, 0.4) is 0 Å². The Kier molecular flexibility index (Phi) is 11.1. The summed E-state index contributed by atoms with van der Waals surface area (Å²) >= 11 is 0. The molecule has 0 aliphatic heterocycles. The summed E-state index contributed by atoms with van der Waals surface area (Å²) in [6.07, 6.45) is 0.895. The minimum absolute atomic E-state index is 0.00201. The molecule has 0 saturated heterocycles. The van der Waals surface area contributed by atoms with Crippen molar-refractivity contribution in [3.05, 3.63) is 203 Å². The average molecular weight is 655 g/mol. The molecule has 0 N–H and O–H groups in total. The molecule has 6 aromatic carbocycles. The van der Waals surface area contributed by atoms with Gasteiger partial charge in [0.1, 0.15) is 0 Å². The Bertz CT molecular complexity index is 1780. The zero-order valence-corrected chi connectivity index (χ0v) is 27.8. The van der Waals surface area contributed by atoms with Crippen molar-refractivity contribution in [2.45, 2.75) is 37.5 Å². The van der Waals surface area contributed by atoms with Gasteiger partial charge in [-0.05, 0) is 34.1 Å². The first kappa shape index (κ1) is 33.9. The number of carbonyl (C=O) groups excluding carboxylic acids is 4. The Morgan fingerprint density at radius 3 is 0.740 bits per heavy atom. The van der Waals surface area contributed by atoms with Gasteiger partial charge in [-0.2, -0.15) is 0 Å². The van der Waals surface area contributed by atoms with Gasteiger partial charge in [-0.3, -0.25) is 19.2 Å². The Labute approximate surface area is 293 Å². The lowest BCUT2D eigenvalue weighted by molar-refractivity contribution is 0.0928. The summed E-state index contributed by atoms with van der Waals surface area (Å²) in [4.78, 5) is 53.1. The van der Waals surface area contributed by atoms with Crippen LogP contribution in [0.2, 0.25) is 0 Å². The van der Waals surface area contributed by atoms with E-state index in [1.54, 1.807) is 0 Å². The van der Waals surface area contributed by atoms with Gasteiger partial charge in [0, 0.05) is 47.9 Å². The molecule has 0 fully saturated rings. The molecule has 4 heteroatoms. The molecule has 6 rings (SSSR count). The number of Topliss-reactive ketones (excluding diaryl/α,β-unsaturated/α-hetero) is 4. The fourth-order valence-electron chi connectivity index (χ4n) is 6.37. The van der Waals surface area contributed by atoms with Crippen LogP contribution in [-0.4, -0.2) is 23.1 Å². The average Bonchev–Trinajstić information content (AvgIpc) is 3.18. The van der Waals surface area contributed by atoms with Crippen LogP contribution in [-0.2, 0) is 0 Å². The summed E-state index contributed by atoms with van der Waals surface area (Å²) < 4.78 is 0. The maximum atomic E-state index is 13.3. The van der Waals surface area contributed by atoms with Crippen LogP contribution < -0.4 is 0 Å². The van der Waals surface area contributed by atoms with E-state index >= 15 is 0 Å². The molecular weight excluding hydrogens is 617 g/mol. The second-order valence-corrected chi connectivity index (χ2v) is 12.6. The van der Waals surface area contributed by atoms with E-state index in [2.05, 4.69) is 0 Å². The summed E-state index contributed by atoms with van der Waals surface area (Å²) in [6.45, 7) is 0. The fourth-order valence-corrected chi connectivity index (χ4v) is 6.37. The molecular formula is C46H38O4. The highest BCUT2D eigenvalue weighted by Crippen LogP contribution is 2.32. The third kappa shape index (κ3) is 8.72. The first-order valence-electron chi connectivity index (χ1n) is 17.0. The zero-order chi connectivity index (χ0) is 34.7. The van der Waals surface area contributed by atoms with Gasteiger partial charge < -0.3 is 0 Å². The molecule has 4 nitrogen and oxygen atoms in total. The molecule has 50 heavy (non-hydrogen) atoms. The molecule has 0 amide bonds. The van der Waals surface area contributed by atoms with Gasteiger partial charge in [0.2, 0.25) is 0 Å². The zero-order valence-electron chi connectivity index (χ0n) is 27.8. The van der Waals surface area contributed by atoms with E-state index in [4.69, 9.17) is 0 Å². The summed E-state index contributed by atoms with van der Waals surface area (Å²) in [5.41, 5.74) is 6.37. The highest BCUT2D eigenvalue weighted by Gasteiger charge is 2.23. The highest BCUT2D eigenvalue weighted by atomic mass is 16.1. The Morgan fingerprint density at radius 2 is 0.520 bits per heavy atom. The molecule has 0 saturated carbocycles. The van der Waals surface area contributed by atoms with E-state index < -0.39 is 0 Å². The van der Waals surface area contributed by atoms with Crippen LogP contribution in [0.15, 0.2) is 170 Å². The van der Waals surface area contributed by atoms with Crippen LogP contribution in [0.4, 0.5) is 0 Å². The van der Waals surface area contributed by atoms with E-state index in [9.17, 15) is 19.2 Å². The second-order valence-electron chi connectivity index (χ2n) is 12.6. The monoisotopic (exact) mass is 654 g/mol. The fraction of sp³-hybridized carbons (Fsp3) is 0.130. The molecule has 0 radical (unpaired) electrons. The first-order valence-corrected chi connectivity index (χ1v) is 17.0. The van der Waals surface area contributed by atoms with Crippen LogP contribution in [0.5, 0.6) is 0 Å². The van der Waals surface area contributed by atoms with Crippen molar-refractivity contribution in [1.82, 2.24) is 0 Å². The summed E-state index contributed by atoms with van der Waals surface area (Å²) in [5, 5.41) is 0. The molecule has 0 aliphatic carbocycles. The van der Waals surface area contributed by atoms with Gasteiger partial charge >= 0.3 is 0 Å². The number of ketones is 4. The first-order chi connectivity index (χ1) is 24.4. The van der Waals surface area contributed by atoms with E-state index in [1.807, 2.05) is 170 Å². The van der Waals surface area contributed by atoms with Crippen molar-refractivity contribution < 1.29 is 19.2 Å². The van der Waals surface area contributed by atoms with Gasteiger partial charge in [0.25, 0.3) is 0 Å². The topological polar surface area (TPSA) is 68.3 Å². The molecule has 0 atom stereocenters. The third-order valence-corrected chi connectivity index (χ3v) is 9.21. The Morgan fingerprint density at radius 1 is 0.300 bits per heavy atom.